The van der Waals surface area contributed by atoms with Crippen LogP contribution in [-0.2, 0) is 14.3 Å². The minimum atomic E-state index is -0.406. The highest BCUT2D eigenvalue weighted by molar-refractivity contribution is 5.54. The molecule has 2 rings (SSSR count). The Kier molecular flexibility index (Phi) is 5.15. The molecule has 1 aromatic rings. The Morgan fingerprint density at radius 2 is 2.10 bits per heavy atom. The van der Waals surface area contributed by atoms with Gasteiger partial charge < -0.3 is 19.0 Å². The van der Waals surface area contributed by atoms with Gasteiger partial charge in [0.1, 0.15) is 12.0 Å². The van der Waals surface area contributed by atoms with Gasteiger partial charge in [0.2, 0.25) is 0 Å². The molecule has 1 aromatic carbocycles. The van der Waals surface area contributed by atoms with Crippen molar-refractivity contribution in [1.29, 1.82) is 0 Å². The summed E-state index contributed by atoms with van der Waals surface area (Å²) in [6, 6.07) is 7.62. The SMILES string of the molecule is CC[C@@H](C=O)[C@@H]1OC(c2ccc(OC)cc2)OC[C@H]1C. The van der Waals surface area contributed by atoms with E-state index in [2.05, 4.69) is 6.92 Å². The molecule has 1 unspecified atom stereocenters. The minimum Gasteiger partial charge on any atom is -0.497 e. The van der Waals surface area contributed by atoms with Crippen molar-refractivity contribution in [1.82, 2.24) is 0 Å². The number of hydrogen-bond acceptors (Lipinski definition) is 4. The Bertz CT molecular complexity index is 429. The molecular weight excluding hydrogens is 256 g/mol. The molecule has 0 aromatic heterocycles. The maximum atomic E-state index is 11.2. The molecule has 1 heterocycles. The van der Waals surface area contributed by atoms with Crippen LogP contribution in [0.2, 0.25) is 0 Å². The first-order chi connectivity index (χ1) is 9.69. The number of benzene rings is 1. The molecule has 4 heteroatoms. The van der Waals surface area contributed by atoms with Crippen LogP contribution in [-0.4, -0.2) is 26.1 Å². The fourth-order valence-corrected chi connectivity index (χ4v) is 2.51. The van der Waals surface area contributed by atoms with Crippen molar-refractivity contribution in [2.45, 2.75) is 32.7 Å². The van der Waals surface area contributed by atoms with Crippen LogP contribution < -0.4 is 4.74 Å². The van der Waals surface area contributed by atoms with E-state index < -0.39 is 6.29 Å². The first-order valence-corrected chi connectivity index (χ1v) is 7.05. The second-order valence-electron chi connectivity index (χ2n) is 5.22. The van der Waals surface area contributed by atoms with Crippen molar-refractivity contribution in [3.8, 4) is 5.75 Å². The summed E-state index contributed by atoms with van der Waals surface area (Å²) in [4.78, 5) is 11.2. The van der Waals surface area contributed by atoms with Gasteiger partial charge in [-0.15, -0.1) is 0 Å². The third-order valence-corrected chi connectivity index (χ3v) is 3.81. The summed E-state index contributed by atoms with van der Waals surface area (Å²) in [7, 11) is 1.64. The van der Waals surface area contributed by atoms with Crippen molar-refractivity contribution in [3.05, 3.63) is 29.8 Å². The van der Waals surface area contributed by atoms with Crippen LogP contribution in [0, 0.1) is 11.8 Å². The van der Waals surface area contributed by atoms with Crippen molar-refractivity contribution < 1.29 is 19.0 Å². The van der Waals surface area contributed by atoms with Crippen LogP contribution in [0.1, 0.15) is 32.1 Å². The molecule has 0 spiro atoms. The summed E-state index contributed by atoms with van der Waals surface area (Å²) in [5, 5.41) is 0. The van der Waals surface area contributed by atoms with Crippen LogP contribution in [0.25, 0.3) is 0 Å². The van der Waals surface area contributed by atoms with E-state index in [1.807, 2.05) is 31.2 Å². The Balaban J connectivity index is 2.11. The van der Waals surface area contributed by atoms with Crippen LogP contribution in [0.3, 0.4) is 0 Å². The standard InChI is InChI=1S/C16H22O4/c1-4-12(9-17)15-11(2)10-19-16(20-15)13-5-7-14(18-3)8-6-13/h5-9,11-12,15-16H,4,10H2,1-3H3/t11-,12+,15-,16?/m1/s1. The van der Waals surface area contributed by atoms with Crippen LogP contribution in [0.15, 0.2) is 24.3 Å². The molecule has 1 saturated heterocycles. The van der Waals surface area contributed by atoms with Gasteiger partial charge in [-0.3, -0.25) is 0 Å². The zero-order chi connectivity index (χ0) is 14.5. The zero-order valence-corrected chi connectivity index (χ0v) is 12.2. The average molecular weight is 278 g/mol. The number of carbonyl (C=O) groups excluding carboxylic acids is 1. The number of methoxy groups -OCH3 is 1. The predicted octanol–water partition coefficient (Wildman–Crippen LogP) is 2.97. The summed E-state index contributed by atoms with van der Waals surface area (Å²) in [6.07, 6.45) is 1.29. The van der Waals surface area contributed by atoms with E-state index in [1.165, 1.54) is 0 Å². The monoisotopic (exact) mass is 278 g/mol. The van der Waals surface area contributed by atoms with E-state index in [4.69, 9.17) is 14.2 Å². The molecule has 1 aliphatic heterocycles. The molecule has 0 N–H and O–H groups in total. The minimum absolute atomic E-state index is 0.0744. The first-order valence-electron chi connectivity index (χ1n) is 7.05. The fourth-order valence-electron chi connectivity index (χ4n) is 2.51. The van der Waals surface area contributed by atoms with Crippen molar-refractivity contribution >= 4 is 6.29 Å². The second kappa shape index (κ2) is 6.86. The van der Waals surface area contributed by atoms with Crippen LogP contribution in [0.4, 0.5) is 0 Å². The maximum Gasteiger partial charge on any atom is 0.184 e. The number of carbonyl (C=O) groups is 1. The lowest BCUT2D eigenvalue weighted by molar-refractivity contribution is -0.248. The third-order valence-electron chi connectivity index (χ3n) is 3.81. The van der Waals surface area contributed by atoms with E-state index in [0.717, 1.165) is 24.0 Å². The van der Waals surface area contributed by atoms with Gasteiger partial charge in [-0.05, 0) is 18.6 Å². The summed E-state index contributed by atoms with van der Waals surface area (Å²) >= 11 is 0. The summed E-state index contributed by atoms with van der Waals surface area (Å²) in [6.45, 7) is 4.67. The Morgan fingerprint density at radius 3 is 2.65 bits per heavy atom. The van der Waals surface area contributed by atoms with Gasteiger partial charge in [0, 0.05) is 17.4 Å². The van der Waals surface area contributed by atoms with Gasteiger partial charge in [-0.1, -0.05) is 26.0 Å². The lowest BCUT2D eigenvalue weighted by atomic mass is 9.90. The molecule has 0 radical (unpaired) electrons. The second-order valence-corrected chi connectivity index (χ2v) is 5.22. The molecule has 1 fully saturated rings. The smallest absolute Gasteiger partial charge is 0.184 e. The van der Waals surface area contributed by atoms with Crippen molar-refractivity contribution in [2.75, 3.05) is 13.7 Å². The molecule has 0 amide bonds. The van der Waals surface area contributed by atoms with E-state index in [1.54, 1.807) is 7.11 Å². The molecule has 0 bridgehead atoms. The van der Waals surface area contributed by atoms with E-state index in [9.17, 15) is 4.79 Å². The quantitative estimate of drug-likeness (QED) is 0.777. The lowest BCUT2D eigenvalue weighted by Crippen LogP contribution is -2.40. The van der Waals surface area contributed by atoms with Crippen molar-refractivity contribution in [3.63, 3.8) is 0 Å². The molecule has 0 saturated carbocycles. The highest BCUT2D eigenvalue weighted by atomic mass is 16.7. The number of hydrogen-bond donors (Lipinski definition) is 0. The van der Waals surface area contributed by atoms with Gasteiger partial charge in [-0.2, -0.15) is 0 Å². The van der Waals surface area contributed by atoms with Gasteiger partial charge in [0.25, 0.3) is 0 Å². The highest BCUT2D eigenvalue weighted by Gasteiger charge is 2.34. The number of aldehydes is 1. The number of ether oxygens (including phenoxy) is 3. The van der Waals surface area contributed by atoms with Gasteiger partial charge >= 0.3 is 0 Å². The highest BCUT2D eigenvalue weighted by Crippen LogP contribution is 2.33. The molecule has 4 atom stereocenters. The molecule has 4 nitrogen and oxygen atoms in total. The number of rotatable bonds is 5. The van der Waals surface area contributed by atoms with E-state index in [-0.39, 0.29) is 17.9 Å². The molecule has 110 valence electrons. The predicted molar refractivity (Wildman–Crippen MR) is 75.6 cm³/mol. The lowest BCUT2D eigenvalue weighted by Gasteiger charge is -2.37. The Labute approximate surface area is 120 Å². The van der Waals surface area contributed by atoms with Crippen LogP contribution >= 0.6 is 0 Å². The average Bonchev–Trinajstić information content (AvgIpc) is 2.50. The normalized spacial score (nSPS) is 27.9. The fraction of sp³-hybridized carbons (Fsp3) is 0.562. The van der Waals surface area contributed by atoms with E-state index >= 15 is 0 Å². The van der Waals surface area contributed by atoms with Gasteiger partial charge in [-0.25, -0.2) is 0 Å². The Morgan fingerprint density at radius 1 is 1.40 bits per heavy atom. The zero-order valence-electron chi connectivity index (χ0n) is 12.2. The maximum absolute atomic E-state index is 11.2. The largest absolute Gasteiger partial charge is 0.497 e. The molecule has 0 aliphatic carbocycles. The van der Waals surface area contributed by atoms with Crippen molar-refractivity contribution in [2.24, 2.45) is 11.8 Å². The van der Waals surface area contributed by atoms with Crippen LogP contribution in [0.5, 0.6) is 5.75 Å². The molecule has 20 heavy (non-hydrogen) atoms. The summed E-state index contributed by atoms with van der Waals surface area (Å²) < 4.78 is 16.9. The first kappa shape index (κ1) is 15.0. The van der Waals surface area contributed by atoms with E-state index in [0.29, 0.717) is 6.61 Å². The summed E-state index contributed by atoms with van der Waals surface area (Å²) in [5.41, 5.74) is 0.948. The van der Waals surface area contributed by atoms with Gasteiger partial charge in [0.15, 0.2) is 6.29 Å². The molecular formula is C16H22O4. The third kappa shape index (κ3) is 3.19. The topological polar surface area (TPSA) is 44.8 Å². The summed E-state index contributed by atoms with van der Waals surface area (Å²) in [5.74, 6) is 0.947. The Hall–Kier alpha value is -1.39. The molecule has 1 aliphatic rings. The van der Waals surface area contributed by atoms with Gasteiger partial charge in [0.05, 0.1) is 19.8 Å².